The largest absolute Gasteiger partial charge is 0.379 e. The van der Waals surface area contributed by atoms with E-state index in [9.17, 15) is 0 Å². The molecule has 7 heteroatoms. The van der Waals surface area contributed by atoms with Gasteiger partial charge in [-0.2, -0.15) is 0 Å². The number of aryl methyl sites for hydroxylation is 1. The van der Waals surface area contributed by atoms with E-state index in [1.165, 1.54) is 5.56 Å². The number of fused-ring (bicyclic) bond motifs is 3. The number of nitrogens with one attached hydrogen (secondary N) is 1. The molecule has 4 rings (SSSR count). The third-order valence-corrected chi connectivity index (χ3v) is 4.43. The van der Waals surface area contributed by atoms with Crippen LogP contribution in [0.4, 0.5) is 5.82 Å². The summed E-state index contributed by atoms with van der Waals surface area (Å²) in [7, 11) is 0. The van der Waals surface area contributed by atoms with Gasteiger partial charge in [-0.15, -0.1) is 10.2 Å². The summed E-state index contributed by atoms with van der Waals surface area (Å²) < 4.78 is 7.38. The molecule has 0 aliphatic carbocycles. The van der Waals surface area contributed by atoms with E-state index in [1.54, 1.807) is 6.33 Å². The molecule has 0 spiro atoms. The van der Waals surface area contributed by atoms with E-state index in [-0.39, 0.29) is 0 Å². The average Bonchev–Trinajstić information content (AvgIpc) is 3.10. The minimum absolute atomic E-state index is 0.777. The quantitative estimate of drug-likeness (QED) is 0.720. The van der Waals surface area contributed by atoms with E-state index in [2.05, 4.69) is 39.5 Å². The monoisotopic (exact) mass is 326 g/mol. The molecule has 1 saturated heterocycles. The lowest BCUT2D eigenvalue weighted by Crippen LogP contribution is -2.37. The molecule has 7 nitrogen and oxygen atoms in total. The van der Waals surface area contributed by atoms with E-state index in [1.807, 2.05) is 10.5 Å². The summed E-state index contributed by atoms with van der Waals surface area (Å²) in [5, 5.41) is 11.7. The molecular formula is C17H22N6O. The van der Waals surface area contributed by atoms with Crippen molar-refractivity contribution in [1.82, 2.24) is 24.5 Å². The lowest BCUT2D eigenvalue weighted by atomic mass is 10.2. The Morgan fingerprint density at radius 3 is 3.00 bits per heavy atom. The molecule has 0 unspecified atom stereocenters. The number of aromatic nitrogens is 4. The first kappa shape index (κ1) is 15.3. The molecule has 1 N–H and O–H groups in total. The van der Waals surface area contributed by atoms with Gasteiger partial charge in [-0.25, -0.2) is 4.98 Å². The second kappa shape index (κ2) is 6.70. The highest BCUT2D eigenvalue weighted by Gasteiger charge is 2.12. The van der Waals surface area contributed by atoms with Gasteiger partial charge in [0.25, 0.3) is 0 Å². The molecule has 0 saturated carbocycles. The first-order valence-electron chi connectivity index (χ1n) is 8.45. The molecule has 1 aromatic carbocycles. The minimum atomic E-state index is 0.777. The Hall–Kier alpha value is -2.25. The Bertz CT molecular complexity index is 840. The summed E-state index contributed by atoms with van der Waals surface area (Å²) in [5.41, 5.74) is 3.96. The lowest BCUT2D eigenvalue weighted by Gasteiger charge is -2.26. The van der Waals surface area contributed by atoms with Crippen molar-refractivity contribution < 1.29 is 4.74 Å². The summed E-state index contributed by atoms with van der Waals surface area (Å²) in [6.07, 6.45) is 2.81. The smallest absolute Gasteiger partial charge is 0.203 e. The highest BCUT2D eigenvalue weighted by atomic mass is 16.5. The molecule has 1 aliphatic heterocycles. The van der Waals surface area contributed by atoms with Crippen LogP contribution in [0, 0.1) is 6.92 Å². The number of rotatable bonds is 5. The van der Waals surface area contributed by atoms with Crippen LogP contribution < -0.4 is 5.32 Å². The van der Waals surface area contributed by atoms with Crippen LogP contribution in [-0.4, -0.2) is 63.9 Å². The number of anilines is 1. The zero-order valence-corrected chi connectivity index (χ0v) is 13.9. The molecule has 3 aromatic rings. The van der Waals surface area contributed by atoms with Crippen molar-refractivity contribution in [2.24, 2.45) is 0 Å². The van der Waals surface area contributed by atoms with E-state index in [0.717, 1.165) is 68.3 Å². The van der Waals surface area contributed by atoms with Gasteiger partial charge in [0.2, 0.25) is 5.65 Å². The van der Waals surface area contributed by atoms with Gasteiger partial charge < -0.3 is 10.1 Å². The van der Waals surface area contributed by atoms with Gasteiger partial charge in [0, 0.05) is 19.6 Å². The number of ether oxygens (including phenoxy) is 1. The van der Waals surface area contributed by atoms with Crippen LogP contribution in [0.25, 0.3) is 16.7 Å². The van der Waals surface area contributed by atoms with Gasteiger partial charge in [0.1, 0.15) is 6.33 Å². The first-order valence-corrected chi connectivity index (χ1v) is 8.45. The SMILES string of the molecule is Cc1ccc2nc(NCCCN3CCOCC3)c3nncn3c2c1. The van der Waals surface area contributed by atoms with Crippen LogP contribution in [-0.2, 0) is 4.74 Å². The average molecular weight is 326 g/mol. The molecule has 3 heterocycles. The van der Waals surface area contributed by atoms with Crippen molar-refractivity contribution in [2.75, 3.05) is 44.7 Å². The normalized spacial score (nSPS) is 16.0. The summed E-state index contributed by atoms with van der Waals surface area (Å²) in [6, 6.07) is 6.23. The summed E-state index contributed by atoms with van der Waals surface area (Å²) in [4.78, 5) is 7.17. The molecule has 24 heavy (non-hydrogen) atoms. The van der Waals surface area contributed by atoms with Gasteiger partial charge in [-0.3, -0.25) is 9.30 Å². The molecule has 2 aromatic heterocycles. The lowest BCUT2D eigenvalue weighted by molar-refractivity contribution is 0.0378. The molecule has 0 bridgehead atoms. The zero-order valence-electron chi connectivity index (χ0n) is 13.9. The van der Waals surface area contributed by atoms with Gasteiger partial charge in [-0.05, 0) is 37.6 Å². The van der Waals surface area contributed by atoms with Crippen LogP contribution in [0.2, 0.25) is 0 Å². The highest BCUT2D eigenvalue weighted by molar-refractivity contribution is 5.83. The third kappa shape index (κ3) is 3.05. The van der Waals surface area contributed by atoms with Gasteiger partial charge in [-0.1, -0.05) is 6.07 Å². The van der Waals surface area contributed by atoms with Crippen LogP contribution in [0.1, 0.15) is 12.0 Å². The number of nitrogens with zero attached hydrogens (tertiary/aromatic N) is 5. The molecule has 1 aliphatic rings. The van der Waals surface area contributed by atoms with Crippen molar-refractivity contribution >= 4 is 22.5 Å². The standard InChI is InChI=1S/C17H22N6O/c1-13-3-4-14-15(11-13)23-12-19-21-17(23)16(20-14)18-5-2-6-22-7-9-24-10-8-22/h3-4,11-12H,2,5-10H2,1H3,(H,18,20). The fourth-order valence-corrected chi connectivity index (χ4v) is 3.12. The predicted molar refractivity (Wildman–Crippen MR) is 93.4 cm³/mol. The molecule has 0 amide bonds. The maximum Gasteiger partial charge on any atom is 0.203 e. The molecule has 0 radical (unpaired) electrons. The van der Waals surface area contributed by atoms with E-state index >= 15 is 0 Å². The third-order valence-electron chi connectivity index (χ3n) is 4.43. The van der Waals surface area contributed by atoms with E-state index in [0.29, 0.717) is 0 Å². The topological polar surface area (TPSA) is 67.6 Å². The second-order valence-corrected chi connectivity index (χ2v) is 6.21. The Balaban J connectivity index is 1.48. The van der Waals surface area contributed by atoms with Crippen molar-refractivity contribution in [2.45, 2.75) is 13.3 Å². The Kier molecular flexibility index (Phi) is 4.27. The van der Waals surface area contributed by atoms with Crippen LogP contribution in [0.15, 0.2) is 24.5 Å². The molecule has 0 atom stereocenters. The van der Waals surface area contributed by atoms with Crippen LogP contribution in [0.5, 0.6) is 0 Å². The van der Waals surface area contributed by atoms with Crippen molar-refractivity contribution in [3.63, 3.8) is 0 Å². The van der Waals surface area contributed by atoms with Crippen molar-refractivity contribution in [1.29, 1.82) is 0 Å². The summed E-state index contributed by atoms with van der Waals surface area (Å²) in [6.45, 7) is 7.77. The Morgan fingerprint density at radius 1 is 1.25 bits per heavy atom. The number of hydrogen-bond acceptors (Lipinski definition) is 6. The first-order chi connectivity index (χ1) is 11.8. The fourth-order valence-electron chi connectivity index (χ4n) is 3.12. The fraction of sp³-hybridized carbons (Fsp3) is 0.471. The molecular weight excluding hydrogens is 304 g/mol. The van der Waals surface area contributed by atoms with Gasteiger partial charge in [0.05, 0.1) is 24.2 Å². The van der Waals surface area contributed by atoms with Crippen molar-refractivity contribution in [3.05, 3.63) is 30.1 Å². The van der Waals surface area contributed by atoms with Crippen molar-refractivity contribution in [3.8, 4) is 0 Å². The summed E-state index contributed by atoms with van der Waals surface area (Å²) >= 11 is 0. The number of benzene rings is 1. The van der Waals surface area contributed by atoms with Crippen LogP contribution >= 0.6 is 0 Å². The minimum Gasteiger partial charge on any atom is -0.379 e. The second-order valence-electron chi connectivity index (χ2n) is 6.21. The molecule has 126 valence electrons. The van der Waals surface area contributed by atoms with E-state index < -0.39 is 0 Å². The highest BCUT2D eigenvalue weighted by Crippen LogP contribution is 2.20. The predicted octanol–water partition coefficient (Wildman–Crippen LogP) is 1.72. The van der Waals surface area contributed by atoms with Gasteiger partial charge in [0.15, 0.2) is 5.82 Å². The molecule has 1 fully saturated rings. The maximum absolute atomic E-state index is 5.38. The zero-order chi connectivity index (χ0) is 16.4. The number of morpholine rings is 1. The van der Waals surface area contributed by atoms with Crippen LogP contribution in [0.3, 0.4) is 0 Å². The number of hydrogen-bond donors (Lipinski definition) is 1. The Labute approximate surface area is 140 Å². The summed E-state index contributed by atoms with van der Waals surface area (Å²) in [5.74, 6) is 0.797. The Morgan fingerprint density at radius 2 is 2.12 bits per heavy atom. The maximum atomic E-state index is 5.38. The van der Waals surface area contributed by atoms with E-state index in [4.69, 9.17) is 9.72 Å². The van der Waals surface area contributed by atoms with Gasteiger partial charge >= 0.3 is 0 Å².